The lowest BCUT2D eigenvalue weighted by atomic mass is 10.0. The third-order valence-electron chi connectivity index (χ3n) is 6.54. The molecule has 1 heterocycles. The SMILES string of the molecule is C[C@@H]1CC(=O)O[C@H]1CC#CCCC[C@H](C)O[Si](c1ccccc1)(c1ccccc1)C(C)(C)C. The second kappa shape index (κ2) is 11.2. The van der Waals surface area contributed by atoms with Gasteiger partial charge >= 0.3 is 5.97 Å². The summed E-state index contributed by atoms with van der Waals surface area (Å²) in [6.45, 7) is 11.2. The second-order valence-electron chi connectivity index (χ2n) is 10.3. The summed E-state index contributed by atoms with van der Waals surface area (Å²) in [6.07, 6.45) is 4.05. The molecule has 3 atom stereocenters. The lowest BCUT2D eigenvalue weighted by Gasteiger charge is -2.44. The Morgan fingerprint density at radius 3 is 2.09 bits per heavy atom. The maximum Gasteiger partial charge on any atom is 0.306 e. The molecule has 1 fully saturated rings. The van der Waals surface area contributed by atoms with Crippen LogP contribution in [0.4, 0.5) is 0 Å². The summed E-state index contributed by atoms with van der Waals surface area (Å²) in [6, 6.07) is 21.6. The van der Waals surface area contributed by atoms with Gasteiger partial charge in [-0.2, -0.15) is 0 Å². The number of carbonyl (C=O) groups excluding carboxylic acids is 1. The summed E-state index contributed by atoms with van der Waals surface area (Å²) in [5.41, 5.74) is 0. The van der Waals surface area contributed by atoms with Gasteiger partial charge in [-0.15, -0.1) is 5.92 Å². The second-order valence-corrected chi connectivity index (χ2v) is 14.5. The highest BCUT2D eigenvalue weighted by molar-refractivity contribution is 6.99. The Kier molecular flexibility index (Phi) is 8.56. The van der Waals surface area contributed by atoms with Crippen LogP contribution in [0.25, 0.3) is 0 Å². The summed E-state index contributed by atoms with van der Waals surface area (Å²) in [5.74, 6) is 6.67. The van der Waals surface area contributed by atoms with E-state index < -0.39 is 8.32 Å². The van der Waals surface area contributed by atoms with Crippen LogP contribution in [0.5, 0.6) is 0 Å². The summed E-state index contributed by atoms with van der Waals surface area (Å²) < 4.78 is 12.5. The van der Waals surface area contributed by atoms with Crippen LogP contribution in [0.3, 0.4) is 0 Å². The van der Waals surface area contributed by atoms with Gasteiger partial charge in [-0.1, -0.05) is 94.3 Å². The summed E-state index contributed by atoms with van der Waals surface area (Å²) >= 11 is 0. The van der Waals surface area contributed by atoms with Crippen molar-refractivity contribution in [2.24, 2.45) is 5.92 Å². The number of cyclic esters (lactones) is 1. The van der Waals surface area contributed by atoms with E-state index >= 15 is 0 Å². The van der Waals surface area contributed by atoms with Gasteiger partial charge in [-0.3, -0.25) is 4.79 Å². The van der Waals surface area contributed by atoms with Gasteiger partial charge in [-0.05, 0) is 35.2 Å². The van der Waals surface area contributed by atoms with Gasteiger partial charge in [0.1, 0.15) is 6.10 Å². The van der Waals surface area contributed by atoms with E-state index in [1.807, 2.05) is 0 Å². The highest BCUT2D eigenvalue weighted by Crippen LogP contribution is 2.37. The van der Waals surface area contributed by atoms with Crippen molar-refractivity contribution >= 4 is 24.7 Å². The van der Waals surface area contributed by atoms with Crippen LogP contribution < -0.4 is 10.4 Å². The highest BCUT2D eigenvalue weighted by atomic mass is 28.4. The molecule has 1 aliphatic rings. The van der Waals surface area contributed by atoms with E-state index in [-0.39, 0.29) is 29.1 Å². The zero-order chi connectivity index (χ0) is 23.9. The van der Waals surface area contributed by atoms with Crippen LogP contribution >= 0.6 is 0 Å². The van der Waals surface area contributed by atoms with E-state index in [4.69, 9.17) is 9.16 Å². The third kappa shape index (κ3) is 6.16. The van der Waals surface area contributed by atoms with Crippen molar-refractivity contribution in [3.8, 4) is 11.8 Å². The molecule has 2 aromatic rings. The maximum absolute atomic E-state index is 11.4. The molecule has 0 amide bonds. The molecule has 0 spiro atoms. The predicted molar refractivity (Wildman–Crippen MR) is 138 cm³/mol. The maximum atomic E-state index is 11.4. The Bertz CT molecular complexity index is 914. The molecule has 0 bridgehead atoms. The first-order chi connectivity index (χ1) is 15.7. The summed E-state index contributed by atoms with van der Waals surface area (Å²) in [4.78, 5) is 11.4. The lowest BCUT2D eigenvalue weighted by molar-refractivity contribution is -0.141. The molecular weight excluding hydrogens is 424 g/mol. The van der Waals surface area contributed by atoms with Gasteiger partial charge in [0.25, 0.3) is 8.32 Å². The molecule has 0 unspecified atom stereocenters. The Morgan fingerprint density at radius 2 is 1.61 bits per heavy atom. The Labute approximate surface area is 201 Å². The summed E-state index contributed by atoms with van der Waals surface area (Å²) in [7, 11) is -2.50. The van der Waals surface area contributed by atoms with Crippen LogP contribution in [0.2, 0.25) is 5.04 Å². The number of hydrogen-bond acceptors (Lipinski definition) is 3. The minimum absolute atomic E-state index is 0.0147. The van der Waals surface area contributed by atoms with Crippen molar-refractivity contribution in [2.45, 2.75) is 84.0 Å². The van der Waals surface area contributed by atoms with Crippen LogP contribution in [0.15, 0.2) is 60.7 Å². The quantitative estimate of drug-likeness (QED) is 0.226. The smallest absolute Gasteiger partial charge is 0.306 e. The van der Waals surface area contributed by atoms with Crippen LogP contribution in [0, 0.1) is 17.8 Å². The Morgan fingerprint density at radius 1 is 1.03 bits per heavy atom. The van der Waals surface area contributed by atoms with Gasteiger partial charge in [0.05, 0.1) is 6.42 Å². The minimum Gasteiger partial charge on any atom is -0.461 e. The summed E-state index contributed by atoms with van der Waals surface area (Å²) in [5, 5.41) is 2.62. The Balaban J connectivity index is 1.67. The number of esters is 1. The molecule has 1 aliphatic heterocycles. The first-order valence-electron chi connectivity index (χ1n) is 12.2. The van der Waals surface area contributed by atoms with Crippen molar-refractivity contribution in [1.82, 2.24) is 0 Å². The minimum atomic E-state index is -2.50. The topological polar surface area (TPSA) is 35.5 Å². The molecule has 0 saturated carbocycles. The molecule has 3 nitrogen and oxygen atoms in total. The highest BCUT2D eigenvalue weighted by Gasteiger charge is 2.50. The van der Waals surface area contributed by atoms with E-state index in [1.54, 1.807) is 0 Å². The first-order valence-corrected chi connectivity index (χ1v) is 14.1. The molecule has 4 heteroatoms. The van der Waals surface area contributed by atoms with Crippen molar-refractivity contribution in [3.63, 3.8) is 0 Å². The zero-order valence-electron chi connectivity index (χ0n) is 20.8. The van der Waals surface area contributed by atoms with Crippen LogP contribution in [-0.2, 0) is 14.0 Å². The van der Waals surface area contributed by atoms with Gasteiger partial charge in [0.15, 0.2) is 0 Å². The largest absolute Gasteiger partial charge is 0.461 e. The van der Waals surface area contributed by atoms with Crippen molar-refractivity contribution in [2.75, 3.05) is 0 Å². The van der Waals surface area contributed by atoms with Gasteiger partial charge in [0.2, 0.25) is 0 Å². The van der Waals surface area contributed by atoms with E-state index in [1.165, 1.54) is 10.4 Å². The molecule has 0 aliphatic carbocycles. The molecule has 3 rings (SSSR count). The normalized spacial score (nSPS) is 19.5. The predicted octanol–water partition coefficient (Wildman–Crippen LogP) is 5.47. The van der Waals surface area contributed by atoms with Crippen molar-refractivity contribution < 1.29 is 14.0 Å². The molecule has 0 radical (unpaired) electrons. The molecule has 176 valence electrons. The van der Waals surface area contributed by atoms with Crippen LogP contribution in [0.1, 0.15) is 66.7 Å². The van der Waals surface area contributed by atoms with Crippen molar-refractivity contribution in [1.29, 1.82) is 0 Å². The number of hydrogen-bond donors (Lipinski definition) is 0. The first kappa shape index (κ1) is 25.3. The van der Waals surface area contributed by atoms with Gasteiger partial charge in [-0.25, -0.2) is 0 Å². The average Bonchev–Trinajstić information content (AvgIpc) is 3.11. The van der Waals surface area contributed by atoms with E-state index in [0.29, 0.717) is 12.8 Å². The molecular formula is C29H38O3Si. The lowest BCUT2D eigenvalue weighted by Crippen LogP contribution is -2.67. The number of carbonyl (C=O) groups is 1. The van der Waals surface area contributed by atoms with Crippen molar-refractivity contribution in [3.05, 3.63) is 60.7 Å². The fraction of sp³-hybridized carbons (Fsp3) is 0.483. The van der Waals surface area contributed by atoms with E-state index in [9.17, 15) is 4.79 Å². The number of rotatable bonds is 8. The van der Waals surface area contributed by atoms with Gasteiger partial charge in [0, 0.05) is 24.9 Å². The molecule has 1 saturated heterocycles. The fourth-order valence-corrected chi connectivity index (χ4v) is 9.50. The van der Waals surface area contributed by atoms with E-state index in [0.717, 1.165) is 19.3 Å². The number of benzene rings is 2. The Hall–Kier alpha value is -2.35. The average molecular weight is 463 g/mol. The van der Waals surface area contributed by atoms with Gasteiger partial charge < -0.3 is 9.16 Å². The number of unbranched alkanes of at least 4 members (excludes halogenated alkanes) is 1. The molecule has 0 N–H and O–H groups in total. The third-order valence-corrected chi connectivity index (χ3v) is 11.7. The molecule has 0 aromatic heterocycles. The number of ether oxygens (including phenoxy) is 1. The molecule has 2 aromatic carbocycles. The standard InChI is InChI=1S/C29H38O3Si/c1-23-22-28(30)31-27(23)21-15-7-6-10-16-24(2)32-33(29(3,4)5,25-17-11-8-12-18-25)26-19-13-9-14-20-26/h8-9,11-14,17-20,23-24,27H,6,10,16,21-22H2,1-5H3/t23-,24+,27+/m1/s1. The van der Waals surface area contributed by atoms with E-state index in [2.05, 4.69) is 107 Å². The zero-order valence-corrected chi connectivity index (χ0v) is 21.8. The fourth-order valence-electron chi connectivity index (χ4n) is 4.76. The monoisotopic (exact) mass is 462 g/mol. The van der Waals surface area contributed by atoms with Crippen LogP contribution in [-0.4, -0.2) is 26.5 Å². The molecule has 33 heavy (non-hydrogen) atoms.